The summed E-state index contributed by atoms with van der Waals surface area (Å²) < 4.78 is 35.6. The van der Waals surface area contributed by atoms with Crippen molar-refractivity contribution in [3.63, 3.8) is 0 Å². The van der Waals surface area contributed by atoms with Gasteiger partial charge in [0.2, 0.25) is 0 Å². The first-order valence-corrected chi connectivity index (χ1v) is 15.8. The molecule has 0 atom stereocenters. The van der Waals surface area contributed by atoms with E-state index in [9.17, 15) is 13.5 Å². The summed E-state index contributed by atoms with van der Waals surface area (Å²) in [4.78, 5) is 2.24. The van der Waals surface area contributed by atoms with E-state index in [1.165, 1.54) is 0 Å². The third-order valence-electron chi connectivity index (χ3n) is 7.27. The largest absolute Gasteiger partial charge is 0.508 e. The number of phenols is 1. The quantitative estimate of drug-likeness (QED) is 0.206. The molecule has 4 nitrogen and oxygen atoms in total. The normalized spacial score (nSPS) is 12.8. The molecular weight excluding hydrogens is 537 g/mol. The van der Waals surface area contributed by atoms with E-state index in [-0.39, 0.29) is 10.6 Å². The molecule has 0 radical (unpaired) electrons. The second kappa shape index (κ2) is 9.38. The summed E-state index contributed by atoms with van der Waals surface area (Å²) in [7, 11) is -7.11. The van der Waals surface area contributed by atoms with Crippen molar-refractivity contribution in [1.82, 2.24) is 0 Å². The van der Waals surface area contributed by atoms with Gasteiger partial charge in [-0.1, -0.05) is 84.9 Å². The zero-order valence-electron chi connectivity index (χ0n) is 21.3. The first-order valence-electron chi connectivity index (χ1n) is 12.8. The first-order chi connectivity index (χ1) is 19.5. The van der Waals surface area contributed by atoms with Crippen molar-refractivity contribution in [1.29, 1.82) is 0 Å². The fraction of sp³-hybridized carbons (Fsp3) is 0. The van der Waals surface area contributed by atoms with Crippen LogP contribution in [0.1, 0.15) is 0 Å². The van der Waals surface area contributed by atoms with E-state index in [0.29, 0.717) is 10.3 Å². The maximum atomic E-state index is 14.5. The number of hydrogen-bond donors (Lipinski definition) is 1. The van der Waals surface area contributed by atoms with Crippen LogP contribution in [0, 0.1) is 0 Å². The highest BCUT2D eigenvalue weighted by Crippen LogP contribution is 2.70. The van der Waals surface area contributed by atoms with Crippen molar-refractivity contribution in [2.45, 2.75) is 19.6 Å². The summed E-state index contributed by atoms with van der Waals surface area (Å²) in [6.07, 6.45) is 0. The van der Waals surface area contributed by atoms with Crippen LogP contribution in [0.4, 0.5) is 0 Å². The smallest absolute Gasteiger partial charge is 0.307 e. The molecule has 0 unspecified atom stereocenters. The number of aromatic hydroxyl groups is 1. The van der Waals surface area contributed by atoms with Gasteiger partial charge in [0.05, 0.1) is 0 Å². The SMILES string of the molecule is O=S(=O)(OS(c1ccccc1)(c1ccccc1)c1ccc(O)cc1)c1ccc2ccc3cccc4ccc1c2c34. The highest BCUT2D eigenvalue weighted by Gasteiger charge is 2.39. The van der Waals surface area contributed by atoms with Crippen LogP contribution in [-0.2, 0) is 13.7 Å². The fourth-order valence-corrected chi connectivity index (χ4v) is 10.9. The lowest BCUT2D eigenvalue weighted by atomic mass is 9.94. The van der Waals surface area contributed by atoms with Crippen LogP contribution in [-0.4, -0.2) is 13.5 Å². The molecule has 0 bridgehead atoms. The second-order valence-electron chi connectivity index (χ2n) is 9.62. The average molecular weight is 561 g/mol. The van der Waals surface area contributed by atoms with Crippen molar-refractivity contribution in [2.24, 2.45) is 0 Å². The minimum atomic E-state index is -4.32. The lowest BCUT2D eigenvalue weighted by Gasteiger charge is -2.39. The highest BCUT2D eigenvalue weighted by molar-refractivity contribution is 8.33. The van der Waals surface area contributed by atoms with Crippen molar-refractivity contribution in [3.05, 3.63) is 140 Å². The predicted octanol–water partition coefficient (Wildman–Crippen LogP) is 8.89. The molecule has 1 N–H and O–H groups in total. The zero-order valence-corrected chi connectivity index (χ0v) is 22.9. The zero-order chi connectivity index (χ0) is 27.3. The topological polar surface area (TPSA) is 63.6 Å². The molecule has 7 aromatic carbocycles. The van der Waals surface area contributed by atoms with Crippen molar-refractivity contribution in [3.8, 4) is 5.75 Å². The van der Waals surface area contributed by atoms with Gasteiger partial charge in [-0.3, -0.25) is 0 Å². The minimum absolute atomic E-state index is 0.0906. The Labute approximate surface area is 234 Å². The predicted molar refractivity (Wildman–Crippen MR) is 162 cm³/mol. The maximum Gasteiger partial charge on any atom is 0.307 e. The third-order valence-corrected chi connectivity index (χ3v) is 12.5. The molecule has 0 aromatic heterocycles. The summed E-state index contributed by atoms with van der Waals surface area (Å²) in [6, 6.07) is 43.1. The Balaban J connectivity index is 1.51. The van der Waals surface area contributed by atoms with Gasteiger partial charge in [0.15, 0.2) is 0 Å². The molecule has 0 aliphatic rings. The van der Waals surface area contributed by atoms with Crippen LogP contribution in [0.3, 0.4) is 0 Å². The molecule has 7 rings (SSSR count). The lowest BCUT2D eigenvalue weighted by molar-refractivity contribution is 0.474. The molecule has 196 valence electrons. The minimum Gasteiger partial charge on any atom is -0.508 e. The third kappa shape index (κ3) is 3.84. The molecule has 0 aliphatic heterocycles. The maximum absolute atomic E-state index is 14.5. The van der Waals surface area contributed by atoms with E-state index in [1.807, 2.05) is 103 Å². The standard InChI is InChI=1S/C34H24O4S2/c35-27-18-20-30(21-19-27)39(28-10-3-1-4-11-28,29-12-5-2-6-13-29)38-40(36,37)32-23-17-26-15-14-24-8-7-9-25-16-22-31(32)34(26)33(24)25/h1-23,35H. The van der Waals surface area contributed by atoms with Gasteiger partial charge in [0, 0.05) is 20.1 Å². The molecule has 0 saturated carbocycles. The van der Waals surface area contributed by atoms with Gasteiger partial charge < -0.3 is 5.11 Å². The van der Waals surface area contributed by atoms with Crippen LogP contribution in [0.5, 0.6) is 5.75 Å². The lowest BCUT2D eigenvalue weighted by Crippen LogP contribution is -2.15. The van der Waals surface area contributed by atoms with E-state index >= 15 is 0 Å². The van der Waals surface area contributed by atoms with Crippen molar-refractivity contribution < 1.29 is 17.2 Å². The van der Waals surface area contributed by atoms with Crippen LogP contribution in [0.25, 0.3) is 32.3 Å². The van der Waals surface area contributed by atoms with E-state index in [0.717, 1.165) is 36.7 Å². The van der Waals surface area contributed by atoms with Crippen LogP contribution in [0.15, 0.2) is 159 Å². The molecule has 0 spiro atoms. The van der Waals surface area contributed by atoms with Gasteiger partial charge in [0.25, 0.3) is 0 Å². The summed E-state index contributed by atoms with van der Waals surface area (Å²) in [5.74, 6) is 0.0906. The van der Waals surface area contributed by atoms with E-state index in [2.05, 4.69) is 6.07 Å². The van der Waals surface area contributed by atoms with Crippen LogP contribution >= 0.6 is 10.3 Å². The summed E-state index contributed by atoms with van der Waals surface area (Å²) in [6.45, 7) is 0. The second-order valence-corrected chi connectivity index (χ2v) is 14.0. The van der Waals surface area contributed by atoms with Gasteiger partial charge in [-0.2, -0.15) is 8.42 Å². The molecule has 0 amide bonds. The van der Waals surface area contributed by atoms with Gasteiger partial charge >= 0.3 is 10.1 Å². The van der Waals surface area contributed by atoms with E-state index in [4.69, 9.17) is 3.63 Å². The number of hydrogen-bond acceptors (Lipinski definition) is 4. The van der Waals surface area contributed by atoms with Crippen LogP contribution < -0.4 is 0 Å². The number of benzene rings is 7. The van der Waals surface area contributed by atoms with Crippen molar-refractivity contribution >= 4 is 52.7 Å². The molecule has 6 heteroatoms. The summed E-state index contributed by atoms with van der Waals surface area (Å²) >= 11 is 0. The Morgan fingerprint density at radius 2 is 0.975 bits per heavy atom. The Hall–Kier alpha value is -4.36. The van der Waals surface area contributed by atoms with Gasteiger partial charge in [-0.15, -0.1) is 0 Å². The summed E-state index contributed by atoms with van der Waals surface area (Å²) in [5, 5.41) is 15.7. The molecule has 0 fully saturated rings. The molecular formula is C34H24O4S2. The first kappa shape index (κ1) is 24.7. The number of phenolic OH excluding ortho intramolecular Hbond substituents is 1. The molecule has 7 aromatic rings. The van der Waals surface area contributed by atoms with Crippen molar-refractivity contribution in [2.75, 3.05) is 0 Å². The Morgan fingerprint density at radius 1 is 0.475 bits per heavy atom. The Bertz CT molecular complexity index is 2040. The molecule has 0 saturated heterocycles. The van der Waals surface area contributed by atoms with Gasteiger partial charge in [0.1, 0.15) is 10.6 Å². The highest BCUT2D eigenvalue weighted by atomic mass is 32.3. The molecule has 0 aliphatic carbocycles. The summed E-state index contributed by atoms with van der Waals surface area (Å²) in [5.41, 5.74) is 0. The Morgan fingerprint density at radius 3 is 1.57 bits per heavy atom. The van der Waals surface area contributed by atoms with E-state index in [1.54, 1.807) is 30.3 Å². The monoisotopic (exact) mass is 560 g/mol. The Kier molecular flexibility index (Phi) is 5.78. The number of rotatable bonds is 6. The molecule has 0 heterocycles. The van der Waals surface area contributed by atoms with Gasteiger partial charge in [-0.05, 0) is 91.8 Å². The van der Waals surface area contributed by atoms with Crippen LogP contribution in [0.2, 0.25) is 0 Å². The van der Waals surface area contributed by atoms with Gasteiger partial charge in [-0.25, -0.2) is 3.63 Å². The average Bonchev–Trinajstić information content (AvgIpc) is 3.00. The molecule has 40 heavy (non-hydrogen) atoms. The fourth-order valence-electron chi connectivity index (χ4n) is 5.49. The van der Waals surface area contributed by atoms with E-state index < -0.39 is 20.4 Å².